The van der Waals surface area contributed by atoms with Crippen molar-refractivity contribution in [2.75, 3.05) is 0 Å². The van der Waals surface area contributed by atoms with Crippen molar-refractivity contribution in [3.8, 4) is 0 Å². The first-order chi connectivity index (χ1) is 13.8. The summed E-state index contributed by atoms with van der Waals surface area (Å²) in [7, 11) is 0. The number of halogens is 3. The number of aryl methyl sites for hydroxylation is 1. The van der Waals surface area contributed by atoms with E-state index in [2.05, 4.69) is 25.1 Å². The van der Waals surface area contributed by atoms with Gasteiger partial charge in [-0.3, -0.25) is 0 Å². The van der Waals surface area contributed by atoms with Crippen LogP contribution in [0.25, 0.3) is 0 Å². The summed E-state index contributed by atoms with van der Waals surface area (Å²) in [6.07, 6.45) is 0. The van der Waals surface area contributed by atoms with Gasteiger partial charge in [-0.2, -0.15) is 36.4 Å². The zero-order valence-electron chi connectivity index (χ0n) is 21.2. The molecule has 0 unspecified atom stereocenters. The van der Waals surface area contributed by atoms with Crippen LogP contribution in [-0.4, -0.2) is 46.1 Å². The summed E-state index contributed by atoms with van der Waals surface area (Å²) in [5, 5.41) is 0.794. The molecule has 4 aromatic rings. The van der Waals surface area contributed by atoms with Crippen molar-refractivity contribution in [1.29, 1.82) is 0 Å². The molecule has 33 heavy (non-hydrogen) atoms. The molecule has 0 aliphatic carbocycles. The average Bonchev–Trinajstić information content (AvgIpc) is 2.80. The predicted molar refractivity (Wildman–Crippen MR) is 153 cm³/mol. The van der Waals surface area contributed by atoms with E-state index >= 15 is 0 Å². The average molecular weight is 529 g/mol. The summed E-state index contributed by atoms with van der Waals surface area (Å²) in [4.78, 5) is 0. The van der Waals surface area contributed by atoms with E-state index in [0.717, 1.165) is 5.02 Å². The molecule has 0 aliphatic heterocycles. The van der Waals surface area contributed by atoms with Gasteiger partial charge in [-0.25, -0.2) is 0 Å². The second-order valence-corrected chi connectivity index (χ2v) is 5.62. The Morgan fingerprint density at radius 3 is 1.00 bits per heavy atom. The molecular formula is C28H37Cl3Mg2. The molecule has 4 rings (SSSR count). The van der Waals surface area contributed by atoms with Crippen LogP contribution >= 0.6 is 24.0 Å². The van der Waals surface area contributed by atoms with Crippen molar-refractivity contribution in [2.45, 2.75) is 28.2 Å². The van der Waals surface area contributed by atoms with Gasteiger partial charge in [0.1, 0.15) is 0 Å². The van der Waals surface area contributed by atoms with Crippen molar-refractivity contribution >= 4 is 70.1 Å². The van der Waals surface area contributed by atoms with Gasteiger partial charge in [-0.15, -0.1) is 12.4 Å². The van der Waals surface area contributed by atoms with Crippen LogP contribution in [0.1, 0.15) is 29.7 Å². The molecule has 0 N–H and O–H groups in total. The van der Waals surface area contributed by atoms with Crippen LogP contribution < -0.4 is 12.4 Å². The van der Waals surface area contributed by atoms with Crippen LogP contribution in [-0.2, 0) is 0 Å². The van der Waals surface area contributed by atoms with Crippen LogP contribution in [0.15, 0.2) is 127 Å². The van der Waals surface area contributed by atoms with Crippen LogP contribution in [0.3, 0.4) is 0 Å². The Morgan fingerprint density at radius 1 is 0.576 bits per heavy atom. The standard InChI is InChI=1S/C7H8.C6H5Cl.C6H6.C6H5.C2H6.CH4.2ClH.2Mg.2H/c1-7-5-3-2-4-6-7;7-6-4-2-1-3-5-6;2*1-2-4-6-5-3-1;1-2;;;;;;;/h2-6H,1H3;1-5H;1-6H;1-5H;1-2H3;1H4;2*1H;;;;/q;;;-1;;;;;2*+2;2*-1/p-1. The van der Waals surface area contributed by atoms with Crippen molar-refractivity contribution < 1.29 is 15.3 Å². The first kappa shape index (κ1) is 45.7. The van der Waals surface area contributed by atoms with Crippen LogP contribution in [0.2, 0.25) is 5.02 Å². The summed E-state index contributed by atoms with van der Waals surface area (Å²) in [5.41, 5.74) is 1.32. The smallest absolute Gasteiger partial charge is 1.00 e. The maximum absolute atomic E-state index is 5.54. The molecule has 0 spiro atoms. The van der Waals surface area contributed by atoms with Crippen molar-refractivity contribution in [2.24, 2.45) is 0 Å². The quantitative estimate of drug-likeness (QED) is 0.192. The maximum Gasteiger partial charge on any atom is 2.00 e. The van der Waals surface area contributed by atoms with Gasteiger partial charge < -0.3 is 15.3 Å². The van der Waals surface area contributed by atoms with Gasteiger partial charge in [-0.1, -0.05) is 123 Å². The Bertz CT molecular complexity index is 646. The van der Waals surface area contributed by atoms with E-state index in [9.17, 15) is 0 Å². The van der Waals surface area contributed by atoms with Crippen LogP contribution in [0.4, 0.5) is 0 Å². The molecule has 0 atom stereocenters. The van der Waals surface area contributed by atoms with Gasteiger partial charge >= 0.3 is 46.1 Å². The minimum absolute atomic E-state index is 0. The molecule has 0 fully saturated rings. The predicted octanol–water partition coefficient (Wildman–Crippen LogP) is 6.06. The van der Waals surface area contributed by atoms with E-state index in [0.29, 0.717) is 0 Å². The Balaban J connectivity index is -0.0000000425. The second kappa shape index (κ2) is 38.5. The van der Waals surface area contributed by atoms with Gasteiger partial charge in [0.25, 0.3) is 0 Å². The monoisotopic (exact) mass is 526 g/mol. The minimum Gasteiger partial charge on any atom is -1.00 e. The molecule has 0 saturated heterocycles. The fourth-order valence-electron chi connectivity index (χ4n) is 1.68. The number of rotatable bonds is 0. The Labute approximate surface area is 255 Å². The minimum atomic E-state index is 0. The summed E-state index contributed by atoms with van der Waals surface area (Å²) in [6.45, 7) is 6.08. The van der Waals surface area contributed by atoms with Crippen molar-refractivity contribution in [1.82, 2.24) is 0 Å². The van der Waals surface area contributed by atoms with E-state index in [1.165, 1.54) is 5.56 Å². The van der Waals surface area contributed by atoms with Gasteiger partial charge in [0, 0.05) is 5.02 Å². The van der Waals surface area contributed by atoms with Crippen molar-refractivity contribution in [3.63, 3.8) is 0 Å². The number of hydrogen-bond acceptors (Lipinski definition) is 0. The van der Waals surface area contributed by atoms with E-state index < -0.39 is 0 Å². The third-order valence-corrected chi connectivity index (χ3v) is 3.20. The molecule has 0 nitrogen and oxygen atoms in total. The molecule has 174 valence electrons. The third kappa shape index (κ3) is 36.0. The number of benzene rings is 4. The van der Waals surface area contributed by atoms with Gasteiger partial charge in [-0.05, 0) is 19.1 Å². The Kier molecular flexibility index (Phi) is 53.4. The van der Waals surface area contributed by atoms with Crippen LogP contribution in [0.5, 0.6) is 0 Å². The Hall–Kier alpha value is -0.718. The molecule has 0 aromatic heterocycles. The summed E-state index contributed by atoms with van der Waals surface area (Å²) in [5.74, 6) is 0. The molecular weight excluding hydrogens is 491 g/mol. The molecule has 0 amide bonds. The molecule has 0 saturated carbocycles. The largest absolute Gasteiger partial charge is 2.00 e. The van der Waals surface area contributed by atoms with Gasteiger partial charge in [0.05, 0.1) is 0 Å². The molecule has 0 bridgehead atoms. The fourth-order valence-corrected chi connectivity index (χ4v) is 1.82. The topological polar surface area (TPSA) is 0 Å². The fraction of sp³-hybridized carbons (Fsp3) is 0.143. The third-order valence-electron chi connectivity index (χ3n) is 2.95. The Morgan fingerprint density at radius 2 is 0.848 bits per heavy atom. The zero-order chi connectivity index (χ0) is 20.7. The molecule has 0 heterocycles. The molecule has 0 aliphatic rings. The summed E-state index contributed by atoms with van der Waals surface area (Å²) < 4.78 is 0. The second-order valence-electron chi connectivity index (χ2n) is 5.18. The van der Waals surface area contributed by atoms with E-state index in [4.69, 9.17) is 11.6 Å². The maximum atomic E-state index is 5.54. The molecule has 4 aromatic carbocycles. The SMILES string of the molecule is C.CC.Cc1ccccc1.Cl.Clc1ccccc1.[Cl-].[H-].[H-].[Mg+2].[Mg+2].[c-]1ccccc1.c1ccccc1. The normalized spacial score (nSPS) is 6.79. The first-order valence-electron chi connectivity index (χ1n) is 9.42. The van der Waals surface area contributed by atoms with E-state index in [1.54, 1.807) is 0 Å². The summed E-state index contributed by atoms with van der Waals surface area (Å²) in [6, 6.07) is 44.2. The number of hydrogen-bond donors (Lipinski definition) is 0. The summed E-state index contributed by atoms with van der Waals surface area (Å²) >= 11 is 5.54. The zero-order valence-corrected chi connectivity index (χ0v) is 24.4. The van der Waals surface area contributed by atoms with Crippen molar-refractivity contribution in [3.05, 3.63) is 144 Å². The van der Waals surface area contributed by atoms with Gasteiger partial charge in [0.2, 0.25) is 0 Å². The van der Waals surface area contributed by atoms with E-state index in [-0.39, 0.29) is 81.2 Å². The first-order valence-corrected chi connectivity index (χ1v) is 9.80. The van der Waals surface area contributed by atoms with Gasteiger partial charge in [0.15, 0.2) is 0 Å². The molecule has 0 radical (unpaired) electrons. The van der Waals surface area contributed by atoms with E-state index in [1.807, 2.05) is 129 Å². The van der Waals surface area contributed by atoms with Crippen LogP contribution in [0, 0.1) is 13.0 Å². The molecule has 5 heteroatoms.